The predicted molar refractivity (Wildman–Crippen MR) is 91.0 cm³/mol. The van der Waals surface area contributed by atoms with E-state index in [1.807, 2.05) is 0 Å². The third-order valence-electron chi connectivity index (χ3n) is 3.27. The minimum atomic E-state index is -0.753. The molecule has 0 bridgehead atoms. The van der Waals surface area contributed by atoms with E-state index in [1.54, 1.807) is 31.2 Å². The molecule has 0 spiro atoms. The van der Waals surface area contributed by atoms with Crippen LogP contribution >= 0.6 is 15.9 Å². The van der Waals surface area contributed by atoms with E-state index >= 15 is 0 Å². The number of hydrogen-bond donors (Lipinski definition) is 2. The molecule has 0 saturated carbocycles. The van der Waals surface area contributed by atoms with E-state index in [0.29, 0.717) is 15.8 Å². The molecule has 7 heteroatoms. The van der Waals surface area contributed by atoms with Gasteiger partial charge in [-0.05, 0) is 58.7 Å². The molecule has 2 aromatic carbocycles. The summed E-state index contributed by atoms with van der Waals surface area (Å²) in [4.78, 5) is 23.1. The zero-order chi connectivity index (χ0) is 17.7. The second kappa shape index (κ2) is 7.92. The van der Waals surface area contributed by atoms with Crippen molar-refractivity contribution in [2.45, 2.75) is 19.6 Å². The summed E-state index contributed by atoms with van der Waals surface area (Å²) in [5, 5.41) is 2.73. The first kappa shape index (κ1) is 17.9. The number of primary amides is 1. The number of nitrogens with one attached hydrogen (secondary N) is 1. The Labute approximate surface area is 147 Å². The molecule has 0 unspecified atom stereocenters. The van der Waals surface area contributed by atoms with Crippen molar-refractivity contribution in [2.24, 2.45) is 5.73 Å². The van der Waals surface area contributed by atoms with Crippen LogP contribution in [0, 0.1) is 5.82 Å². The van der Waals surface area contributed by atoms with Crippen LogP contribution in [0.2, 0.25) is 0 Å². The van der Waals surface area contributed by atoms with Crippen LogP contribution in [-0.4, -0.2) is 17.9 Å². The molecule has 2 rings (SSSR count). The van der Waals surface area contributed by atoms with E-state index in [0.717, 1.165) is 5.56 Å². The molecular formula is C17H16BrFN2O3. The number of ether oxygens (including phenoxy) is 1. The van der Waals surface area contributed by atoms with Crippen LogP contribution in [0.4, 0.5) is 4.39 Å². The largest absolute Gasteiger partial charge is 0.480 e. The Morgan fingerprint density at radius 3 is 2.50 bits per heavy atom. The molecule has 0 aliphatic rings. The molecular weight excluding hydrogens is 379 g/mol. The molecule has 0 radical (unpaired) electrons. The van der Waals surface area contributed by atoms with E-state index in [4.69, 9.17) is 10.5 Å². The fourth-order valence-corrected chi connectivity index (χ4v) is 2.38. The van der Waals surface area contributed by atoms with E-state index in [1.165, 1.54) is 18.2 Å². The monoisotopic (exact) mass is 394 g/mol. The minimum absolute atomic E-state index is 0.288. The summed E-state index contributed by atoms with van der Waals surface area (Å²) >= 11 is 3.18. The van der Waals surface area contributed by atoms with Gasteiger partial charge in [-0.1, -0.05) is 12.1 Å². The molecule has 0 aliphatic heterocycles. The number of carbonyl (C=O) groups is 2. The molecule has 2 amide bonds. The van der Waals surface area contributed by atoms with Gasteiger partial charge in [-0.3, -0.25) is 9.59 Å². The number of benzene rings is 2. The van der Waals surface area contributed by atoms with Gasteiger partial charge in [0.25, 0.3) is 5.91 Å². The molecule has 0 fully saturated rings. The van der Waals surface area contributed by atoms with Gasteiger partial charge in [0.2, 0.25) is 5.91 Å². The van der Waals surface area contributed by atoms with Gasteiger partial charge >= 0.3 is 0 Å². The number of hydrogen-bond acceptors (Lipinski definition) is 3. The maximum absolute atomic E-state index is 13.0. The first-order chi connectivity index (χ1) is 11.4. The van der Waals surface area contributed by atoms with Gasteiger partial charge in [-0.15, -0.1) is 0 Å². The number of nitrogens with two attached hydrogens (primary N) is 1. The van der Waals surface area contributed by atoms with Gasteiger partial charge in [-0.2, -0.15) is 0 Å². The normalized spacial score (nSPS) is 11.6. The highest BCUT2D eigenvalue weighted by atomic mass is 79.9. The van der Waals surface area contributed by atoms with Gasteiger partial charge in [0, 0.05) is 12.1 Å². The molecule has 24 heavy (non-hydrogen) atoms. The highest BCUT2D eigenvalue weighted by molar-refractivity contribution is 9.10. The zero-order valence-electron chi connectivity index (χ0n) is 12.9. The highest BCUT2D eigenvalue weighted by Crippen LogP contribution is 2.26. The SMILES string of the molecule is C[C@H](Oc1ccc(F)cc1Br)C(=O)NCc1ccc(C(N)=O)cc1. The first-order valence-electron chi connectivity index (χ1n) is 7.15. The first-order valence-corrected chi connectivity index (χ1v) is 7.94. The highest BCUT2D eigenvalue weighted by Gasteiger charge is 2.16. The standard InChI is InChI=1S/C17H16BrFN2O3/c1-10(24-15-7-6-13(19)8-14(15)18)17(23)21-9-11-2-4-12(5-3-11)16(20)22/h2-8,10H,9H2,1H3,(H2,20,22)(H,21,23)/t10-/m0/s1. The van der Waals surface area contributed by atoms with Crippen LogP contribution in [0.3, 0.4) is 0 Å². The Morgan fingerprint density at radius 2 is 1.92 bits per heavy atom. The third-order valence-corrected chi connectivity index (χ3v) is 3.89. The summed E-state index contributed by atoms with van der Waals surface area (Å²) in [7, 11) is 0. The topological polar surface area (TPSA) is 81.4 Å². The zero-order valence-corrected chi connectivity index (χ0v) is 14.5. The van der Waals surface area contributed by atoms with Crippen molar-refractivity contribution in [3.63, 3.8) is 0 Å². The molecule has 2 aromatic rings. The van der Waals surface area contributed by atoms with Crippen LogP contribution in [0.1, 0.15) is 22.8 Å². The van der Waals surface area contributed by atoms with Crippen LogP contribution in [0.5, 0.6) is 5.75 Å². The fraction of sp³-hybridized carbons (Fsp3) is 0.176. The van der Waals surface area contributed by atoms with E-state index < -0.39 is 17.8 Å². The van der Waals surface area contributed by atoms with Crippen LogP contribution < -0.4 is 15.8 Å². The van der Waals surface area contributed by atoms with Crippen molar-refractivity contribution in [1.29, 1.82) is 0 Å². The lowest BCUT2D eigenvalue weighted by atomic mass is 10.1. The van der Waals surface area contributed by atoms with Crippen molar-refractivity contribution in [2.75, 3.05) is 0 Å². The van der Waals surface area contributed by atoms with E-state index in [9.17, 15) is 14.0 Å². The second-order valence-electron chi connectivity index (χ2n) is 5.11. The molecule has 0 heterocycles. The maximum Gasteiger partial charge on any atom is 0.261 e. The number of carbonyl (C=O) groups excluding carboxylic acids is 2. The fourth-order valence-electron chi connectivity index (χ4n) is 1.93. The van der Waals surface area contributed by atoms with Gasteiger partial charge < -0.3 is 15.8 Å². The van der Waals surface area contributed by atoms with E-state index in [-0.39, 0.29) is 12.5 Å². The molecule has 5 nitrogen and oxygen atoms in total. The van der Waals surface area contributed by atoms with Crippen LogP contribution in [-0.2, 0) is 11.3 Å². The summed E-state index contributed by atoms with van der Waals surface area (Å²) in [6.45, 7) is 1.89. The Kier molecular flexibility index (Phi) is 5.92. The summed E-state index contributed by atoms with van der Waals surface area (Å²) in [6, 6.07) is 10.6. The second-order valence-corrected chi connectivity index (χ2v) is 5.97. The maximum atomic E-state index is 13.0. The average molecular weight is 395 g/mol. The van der Waals surface area contributed by atoms with Crippen molar-refractivity contribution in [3.8, 4) is 5.75 Å². The van der Waals surface area contributed by atoms with Gasteiger partial charge in [0.1, 0.15) is 11.6 Å². The van der Waals surface area contributed by atoms with Crippen molar-refractivity contribution >= 4 is 27.7 Å². The quantitative estimate of drug-likeness (QED) is 0.789. The smallest absolute Gasteiger partial charge is 0.261 e. The lowest BCUT2D eigenvalue weighted by molar-refractivity contribution is -0.127. The summed E-state index contributed by atoms with van der Waals surface area (Å²) in [5.41, 5.74) is 6.40. The van der Waals surface area contributed by atoms with Crippen LogP contribution in [0.15, 0.2) is 46.9 Å². The van der Waals surface area contributed by atoms with Gasteiger partial charge in [0.15, 0.2) is 6.10 Å². The molecule has 0 aliphatic carbocycles. The third kappa shape index (κ3) is 4.79. The van der Waals surface area contributed by atoms with Gasteiger partial charge in [-0.25, -0.2) is 4.39 Å². The summed E-state index contributed by atoms with van der Waals surface area (Å²) in [6.07, 6.45) is -0.753. The van der Waals surface area contributed by atoms with Crippen LogP contribution in [0.25, 0.3) is 0 Å². The average Bonchev–Trinajstić information content (AvgIpc) is 2.55. The molecule has 3 N–H and O–H groups in total. The Balaban J connectivity index is 1.90. The van der Waals surface area contributed by atoms with Crippen molar-refractivity contribution in [3.05, 3.63) is 63.9 Å². The number of amides is 2. The lowest BCUT2D eigenvalue weighted by Gasteiger charge is -2.16. The molecule has 126 valence electrons. The Morgan fingerprint density at radius 1 is 1.25 bits per heavy atom. The van der Waals surface area contributed by atoms with Crippen molar-refractivity contribution < 1.29 is 18.7 Å². The predicted octanol–water partition coefficient (Wildman–Crippen LogP) is 2.77. The molecule has 1 atom stereocenters. The minimum Gasteiger partial charge on any atom is -0.480 e. The lowest BCUT2D eigenvalue weighted by Crippen LogP contribution is -2.36. The van der Waals surface area contributed by atoms with E-state index in [2.05, 4.69) is 21.2 Å². The Bertz CT molecular complexity index is 750. The van der Waals surface area contributed by atoms with Gasteiger partial charge in [0.05, 0.1) is 4.47 Å². The summed E-state index contributed by atoms with van der Waals surface area (Å²) < 4.78 is 19.0. The van der Waals surface area contributed by atoms with Crippen molar-refractivity contribution in [1.82, 2.24) is 5.32 Å². The molecule has 0 aromatic heterocycles. The number of halogens is 2. The Hall–Kier alpha value is -2.41. The summed E-state index contributed by atoms with van der Waals surface area (Å²) in [5.74, 6) is -0.835. The molecule has 0 saturated heterocycles. The number of rotatable bonds is 6.